The Kier molecular flexibility index (Phi) is 7.15. The van der Waals surface area contributed by atoms with Gasteiger partial charge in [0.1, 0.15) is 11.5 Å². The van der Waals surface area contributed by atoms with Crippen LogP contribution in [0.25, 0.3) is 0 Å². The topological polar surface area (TPSA) is 46.1 Å². The van der Waals surface area contributed by atoms with Gasteiger partial charge in [-0.15, -0.1) is 6.58 Å². The zero-order valence-electron chi connectivity index (χ0n) is 13.3. The van der Waals surface area contributed by atoms with Gasteiger partial charge in [0, 0.05) is 31.8 Å². The van der Waals surface area contributed by atoms with E-state index < -0.39 is 0 Å². The molecule has 1 aromatic rings. The van der Waals surface area contributed by atoms with E-state index in [4.69, 9.17) is 9.47 Å². The van der Waals surface area contributed by atoms with Crippen LogP contribution in [0.4, 0.5) is 0 Å². The van der Waals surface area contributed by atoms with Crippen LogP contribution >= 0.6 is 0 Å². The summed E-state index contributed by atoms with van der Waals surface area (Å²) in [4.78, 5) is 6.52. The first-order chi connectivity index (χ1) is 10.2. The molecule has 0 unspecified atom stereocenters. The maximum Gasteiger partial charge on any atom is 0.194 e. The predicted octanol–water partition coefficient (Wildman–Crippen LogP) is 2.29. The van der Waals surface area contributed by atoms with Crippen molar-refractivity contribution in [3.8, 4) is 11.5 Å². The first kappa shape index (κ1) is 16.9. The van der Waals surface area contributed by atoms with Gasteiger partial charge in [0.25, 0.3) is 0 Å². The van der Waals surface area contributed by atoms with E-state index >= 15 is 0 Å². The SMILES string of the molecule is C=CCN=C(NCC)N(C)Cc1ccc(OC)cc1OC. The van der Waals surface area contributed by atoms with Crippen molar-refractivity contribution in [1.29, 1.82) is 0 Å². The van der Waals surface area contributed by atoms with Crippen LogP contribution in [0.3, 0.4) is 0 Å². The van der Waals surface area contributed by atoms with Crippen LogP contribution in [-0.2, 0) is 6.54 Å². The molecule has 116 valence electrons. The summed E-state index contributed by atoms with van der Waals surface area (Å²) in [5.74, 6) is 2.43. The largest absolute Gasteiger partial charge is 0.497 e. The molecule has 0 aromatic heterocycles. The number of hydrogen-bond donors (Lipinski definition) is 1. The Morgan fingerprint density at radius 2 is 2.14 bits per heavy atom. The van der Waals surface area contributed by atoms with Gasteiger partial charge in [0.2, 0.25) is 0 Å². The Morgan fingerprint density at radius 3 is 2.71 bits per heavy atom. The minimum atomic E-state index is 0.590. The van der Waals surface area contributed by atoms with Gasteiger partial charge in [0.05, 0.1) is 20.8 Å². The number of nitrogens with one attached hydrogen (secondary N) is 1. The maximum atomic E-state index is 5.43. The monoisotopic (exact) mass is 291 g/mol. The van der Waals surface area contributed by atoms with Crippen LogP contribution in [0, 0.1) is 0 Å². The van der Waals surface area contributed by atoms with Gasteiger partial charge in [-0.3, -0.25) is 0 Å². The van der Waals surface area contributed by atoms with Gasteiger partial charge in [0.15, 0.2) is 5.96 Å². The first-order valence-electron chi connectivity index (χ1n) is 6.97. The molecule has 0 atom stereocenters. The fourth-order valence-electron chi connectivity index (χ4n) is 1.93. The summed E-state index contributed by atoms with van der Waals surface area (Å²) in [6, 6.07) is 5.82. The van der Waals surface area contributed by atoms with Crippen molar-refractivity contribution in [1.82, 2.24) is 10.2 Å². The van der Waals surface area contributed by atoms with Gasteiger partial charge in [-0.05, 0) is 19.1 Å². The number of hydrogen-bond acceptors (Lipinski definition) is 3. The van der Waals surface area contributed by atoms with Crippen LogP contribution in [0.5, 0.6) is 11.5 Å². The molecule has 0 aliphatic carbocycles. The molecule has 21 heavy (non-hydrogen) atoms. The third kappa shape index (κ3) is 5.02. The summed E-state index contributed by atoms with van der Waals surface area (Å²) >= 11 is 0. The predicted molar refractivity (Wildman–Crippen MR) is 87.2 cm³/mol. The molecule has 0 heterocycles. The van der Waals surface area contributed by atoms with Crippen molar-refractivity contribution in [2.75, 3.05) is 34.4 Å². The lowest BCUT2D eigenvalue weighted by atomic mass is 10.2. The number of nitrogens with zero attached hydrogens (tertiary/aromatic N) is 2. The minimum absolute atomic E-state index is 0.590. The summed E-state index contributed by atoms with van der Waals surface area (Å²) in [5.41, 5.74) is 1.07. The summed E-state index contributed by atoms with van der Waals surface area (Å²) in [6.07, 6.45) is 1.78. The molecule has 5 heteroatoms. The lowest BCUT2D eigenvalue weighted by Crippen LogP contribution is -2.38. The molecule has 0 radical (unpaired) electrons. The van der Waals surface area contributed by atoms with Crippen LogP contribution in [-0.4, -0.2) is 45.2 Å². The highest BCUT2D eigenvalue weighted by Gasteiger charge is 2.10. The molecule has 0 saturated carbocycles. The summed E-state index contributed by atoms with van der Waals surface area (Å²) in [5, 5.41) is 3.26. The van der Waals surface area contributed by atoms with E-state index in [-0.39, 0.29) is 0 Å². The molecule has 1 N–H and O–H groups in total. The van der Waals surface area contributed by atoms with Gasteiger partial charge in [-0.2, -0.15) is 0 Å². The number of benzene rings is 1. The average molecular weight is 291 g/mol. The van der Waals surface area contributed by atoms with Crippen molar-refractivity contribution in [3.63, 3.8) is 0 Å². The minimum Gasteiger partial charge on any atom is -0.497 e. The number of guanidine groups is 1. The van der Waals surface area contributed by atoms with Crippen LogP contribution < -0.4 is 14.8 Å². The molecular weight excluding hydrogens is 266 g/mol. The van der Waals surface area contributed by atoms with Gasteiger partial charge in [-0.1, -0.05) is 6.08 Å². The normalized spacial score (nSPS) is 11.0. The molecule has 5 nitrogen and oxygen atoms in total. The van der Waals surface area contributed by atoms with E-state index in [2.05, 4.69) is 21.8 Å². The molecule has 0 spiro atoms. The summed E-state index contributed by atoms with van der Waals surface area (Å²) < 4.78 is 10.6. The fourth-order valence-corrected chi connectivity index (χ4v) is 1.93. The molecule has 1 aromatic carbocycles. The Hall–Kier alpha value is -2.17. The van der Waals surface area contributed by atoms with Crippen LogP contribution in [0.2, 0.25) is 0 Å². The molecule has 0 saturated heterocycles. The standard InChI is InChI=1S/C16H25N3O2/c1-6-10-18-16(17-7-2)19(3)12-13-8-9-14(20-4)11-15(13)21-5/h6,8-9,11H,1,7,10,12H2,2-5H3,(H,17,18). The Bertz CT molecular complexity index is 486. The number of ether oxygens (including phenoxy) is 2. The van der Waals surface area contributed by atoms with E-state index in [0.29, 0.717) is 13.1 Å². The second-order valence-corrected chi connectivity index (χ2v) is 4.52. The van der Waals surface area contributed by atoms with Crippen molar-refractivity contribution in [3.05, 3.63) is 36.4 Å². The Labute approximate surface area is 127 Å². The molecule has 0 amide bonds. The van der Waals surface area contributed by atoms with E-state index in [0.717, 1.165) is 29.6 Å². The van der Waals surface area contributed by atoms with Crippen molar-refractivity contribution < 1.29 is 9.47 Å². The van der Waals surface area contributed by atoms with Crippen molar-refractivity contribution in [2.45, 2.75) is 13.5 Å². The zero-order valence-corrected chi connectivity index (χ0v) is 13.3. The zero-order chi connectivity index (χ0) is 15.7. The van der Waals surface area contributed by atoms with Crippen molar-refractivity contribution >= 4 is 5.96 Å². The molecule has 0 bridgehead atoms. The smallest absolute Gasteiger partial charge is 0.194 e. The second kappa shape index (κ2) is 8.89. The highest BCUT2D eigenvalue weighted by molar-refractivity contribution is 5.79. The average Bonchev–Trinajstić information content (AvgIpc) is 2.51. The fraction of sp³-hybridized carbons (Fsp3) is 0.438. The first-order valence-corrected chi connectivity index (χ1v) is 6.97. The molecule has 1 rings (SSSR count). The van der Waals surface area contributed by atoms with Gasteiger partial charge < -0.3 is 19.7 Å². The highest BCUT2D eigenvalue weighted by Crippen LogP contribution is 2.25. The number of methoxy groups -OCH3 is 2. The van der Waals surface area contributed by atoms with Gasteiger partial charge in [-0.25, -0.2) is 4.99 Å². The Balaban J connectivity index is 2.89. The Morgan fingerprint density at radius 1 is 1.38 bits per heavy atom. The number of rotatable bonds is 7. The third-order valence-electron chi connectivity index (χ3n) is 2.97. The molecule has 0 aliphatic heterocycles. The van der Waals surface area contributed by atoms with E-state index in [9.17, 15) is 0 Å². The second-order valence-electron chi connectivity index (χ2n) is 4.52. The quantitative estimate of drug-likeness (QED) is 0.476. The van der Waals surface area contributed by atoms with E-state index in [1.165, 1.54) is 0 Å². The lowest BCUT2D eigenvalue weighted by Gasteiger charge is -2.23. The third-order valence-corrected chi connectivity index (χ3v) is 2.97. The number of aliphatic imine (C=N–C) groups is 1. The molecule has 0 aliphatic rings. The lowest BCUT2D eigenvalue weighted by molar-refractivity contribution is 0.382. The van der Waals surface area contributed by atoms with E-state index in [1.807, 2.05) is 32.2 Å². The molecule has 0 fully saturated rings. The van der Waals surface area contributed by atoms with Gasteiger partial charge >= 0.3 is 0 Å². The van der Waals surface area contributed by atoms with Crippen LogP contribution in [0.1, 0.15) is 12.5 Å². The highest BCUT2D eigenvalue weighted by atomic mass is 16.5. The maximum absolute atomic E-state index is 5.43. The van der Waals surface area contributed by atoms with Crippen LogP contribution in [0.15, 0.2) is 35.8 Å². The molecular formula is C16H25N3O2. The summed E-state index contributed by atoms with van der Waals surface area (Å²) in [6.45, 7) is 7.84. The van der Waals surface area contributed by atoms with Crippen molar-refractivity contribution in [2.24, 2.45) is 4.99 Å². The van der Waals surface area contributed by atoms with E-state index in [1.54, 1.807) is 20.3 Å². The summed E-state index contributed by atoms with van der Waals surface area (Å²) in [7, 11) is 5.30.